The first kappa shape index (κ1) is 16.7. The van der Waals surface area contributed by atoms with E-state index in [1.807, 2.05) is 0 Å². The molecule has 2 rings (SSSR count). The van der Waals surface area contributed by atoms with Gasteiger partial charge in [0.25, 0.3) is 0 Å². The summed E-state index contributed by atoms with van der Waals surface area (Å²) in [5.74, 6) is -2.86. The summed E-state index contributed by atoms with van der Waals surface area (Å²) in [7, 11) is 0. The Labute approximate surface area is 129 Å². The number of aldehydes is 1. The van der Waals surface area contributed by atoms with E-state index in [2.05, 4.69) is 0 Å². The predicted octanol–water partition coefficient (Wildman–Crippen LogP) is 3.40. The molecule has 22 heavy (non-hydrogen) atoms. The summed E-state index contributed by atoms with van der Waals surface area (Å²) in [6.45, 7) is 0. The molecule has 1 fully saturated rings. The van der Waals surface area contributed by atoms with Gasteiger partial charge in [0.1, 0.15) is 12.2 Å². The van der Waals surface area contributed by atoms with Crippen molar-refractivity contribution in [3.05, 3.63) is 29.3 Å². The summed E-state index contributed by atoms with van der Waals surface area (Å²) < 4.78 is 38.1. The van der Waals surface area contributed by atoms with Crippen molar-refractivity contribution in [1.29, 1.82) is 0 Å². The number of halogens is 3. The Morgan fingerprint density at radius 1 is 1.32 bits per heavy atom. The molecule has 0 aliphatic heterocycles. The van der Waals surface area contributed by atoms with Gasteiger partial charge in [0, 0.05) is 16.4 Å². The van der Waals surface area contributed by atoms with E-state index < -0.39 is 29.2 Å². The highest BCUT2D eigenvalue weighted by Gasteiger charge is 2.39. The monoisotopic (exact) mass is 330 g/mol. The maximum Gasteiger partial charge on any atom is 0.416 e. The third-order valence-electron chi connectivity index (χ3n) is 3.50. The van der Waals surface area contributed by atoms with Gasteiger partial charge in [-0.05, 0) is 37.3 Å². The molecule has 1 atom stereocenters. The van der Waals surface area contributed by atoms with E-state index in [9.17, 15) is 27.6 Å². The number of carbonyl (C=O) groups is 3. The number of thioether (sulfide) groups is 1. The van der Waals surface area contributed by atoms with Crippen molar-refractivity contribution in [2.45, 2.75) is 23.9 Å². The second-order valence-corrected chi connectivity index (χ2v) is 5.92. The summed E-state index contributed by atoms with van der Waals surface area (Å²) in [5, 5.41) is 0. The standard InChI is InChI=1S/C15H13F3O3S/c1-22-12-6-9(15(16,17)18)4-5-10(12)14(21)11(7-19)13(20)8-2-3-8/h4-8,11H,2-3H2,1H3. The Bertz CT molecular complexity index is 621. The van der Waals surface area contributed by atoms with E-state index in [1.54, 1.807) is 0 Å². The van der Waals surface area contributed by atoms with E-state index in [4.69, 9.17) is 0 Å². The molecule has 0 amide bonds. The van der Waals surface area contributed by atoms with Gasteiger partial charge < -0.3 is 4.79 Å². The van der Waals surface area contributed by atoms with Crippen LogP contribution in [0.4, 0.5) is 13.2 Å². The molecule has 0 N–H and O–H groups in total. The van der Waals surface area contributed by atoms with Crippen molar-refractivity contribution in [1.82, 2.24) is 0 Å². The molecule has 0 saturated heterocycles. The van der Waals surface area contributed by atoms with Crippen LogP contribution in [0.5, 0.6) is 0 Å². The Morgan fingerprint density at radius 3 is 2.41 bits per heavy atom. The molecule has 1 saturated carbocycles. The summed E-state index contributed by atoms with van der Waals surface area (Å²) >= 11 is 0.970. The average molecular weight is 330 g/mol. The molecule has 1 aromatic carbocycles. The fourth-order valence-electron chi connectivity index (χ4n) is 2.12. The second-order valence-electron chi connectivity index (χ2n) is 5.07. The van der Waals surface area contributed by atoms with E-state index in [-0.39, 0.29) is 22.7 Å². The van der Waals surface area contributed by atoms with Gasteiger partial charge in [-0.1, -0.05) is 0 Å². The first-order valence-corrected chi connectivity index (χ1v) is 7.80. The zero-order valence-corrected chi connectivity index (χ0v) is 12.5. The topological polar surface area (TPSA) is 51.2 Å². The van der Waals surface area contributed by atoms with Gasteiger partial charge in [-0.25, -0.2) is 0 Å². The van der Waals surface area contributed by atoms with E-state index >= 15 is 0 Å². The number of ketones is 2. The minimum atomic E-state index is -4.51. The predicted molar refractivity (Wildman–Crippen MR) is 74.8 cm³/mol. The van der Waals surface area contributed by atoms with Gasteiger partial charge >= 0.3 is 6.18 Å². The summed E-state index contributed by atoms with van der Waals surface area (Å²) in [6, 6.07) is 2.69. The summed E-state index contributed by atoms with van der Waals surface area (Å²) in [4.78, 5) is 35.5. The van der Waals surface area contributed by atoms with Gasteiger partial charge in [0.15, 0.2) is 11.6 Å². The first-order chi connectivity index (χ1) is 10.3. The molecule has 1 unspecified atom stereocenters. The molecular formula is C15H13F3O3S. The van der Waals surface area contributed by atoms with Crippen molar-refractivity contribution in [2.75, 3.05) is 6.26 Å². The molecule has 0 heterocycles. The highest BCUT2D eigenvalue weighted by atomic mass is 32.2. The average Bonchev–Trinajstić information content (AvgIpc) is 3.30. The fourth-order valence-corrected chi connectivity index (χ4v) is 2.75. The van der Waals surface area contributed by atoms with Crippen LogP contribution < -0.4 is 0 Å². The Balaban J connectivity index is 2.36. The SMILES string of the molecule is CSc1cc(C(F)(F)F)ccc1C(=O)C(C=O)C(=O)C1CC1. The summed E-state index contributed by atoms with van der Waals surface area (Å²) in [6.07, 6.45) is -1.40. The number of carbonyl (C=O) groups excluding carboxylic acids is 3. The van der Waals surface area contributed by atoms with Crippen LogP contribution in [0.2, 0.25) is 0 Å². The normalized spacial score (nSPS) is 16.2. The molecule has 7 heteroatoms. The minimum absolute atomic E-state index is 0.0217. The number of Topliss-reactive ketones (excluding diaryl/α,β-unsaturated/α-hetero) is 2. The lowest BCUT2D eigenvalue weighted by atomic mass is 9.92. The Morgan fingerprint density at radius 2 is 1.95 bits per heavy atom. The molecule has 0 radical (unpaired) electrons. The highest BCUT2D eigenvalue weighted by molar-refractivity contribution is 7.98. The quantitative estimate of drug-likeness (QED) is 0.347. The first-order valence-electron chi connectivity index (χ1n) is 6.58. The van der Waals surface area contributed by atoms with Crippen LogP contribution in [0.15, 0.2) is 23.1 Å². The lowest BCUT2D eigenvalue weighted by molar-refractivity contribution is -0.137. The van der Waals surface area contributed by atoms with Crippen LogP contribution in [-0.4, -0.2) is 24.1 Å². The molecule has 0 spiro atoms. The van der Waals surface area contributed by atoms with E-state index in [0.717, 1.165) is 30.0 Å². The zero-order valence-electron chi connectivity index (χ0n) is 11.6. The van der Waals surface area contributed by atoms with Crippen molar-refractivity contribution in [3.8, 4) is 0 Å². The molecule has 1 aliphatic carbocycles. The van der Waals surface area contributed by atoms with Gasteiger partial charge in [0.05, 0.1) is 5.56 Å². The zero-order chi connectivity index (χ0) is 16.5. The number of hydrogen-bond donors (Lipinski definition) is 0. The van der Waals surface area contributed by atoms with Crippen LogP contribution >= 0.6 is 11.8 Å². The van der Waals surface area contributed by atoms with Crippen molar-refractivity contribution in [3.63, 3.8) is 0 Å². The van der Waals surface area contributed by atoms with Crippen molar-refractivity contribution >= 4 is 29.6 Å². The maximum absolute atomic E-state index is 12.7. The van der Waals surface area contributed by atoms with Crippen LogP contribution in [0.25, 0.3) is 0 Å². The lowest BCUT2D eigenvalue weighted by Crippen LogP contribution is -2.27. The third-order valence-corrected chi connectivity index (χ3v) is 4.28. The summed E-state index contributed by atoms with van der Waals surface area (Å²) in [5.41, 5.74) is -0.892. The maximum atomic E-state index is 12.7. The van der Waals surface area contributed by atoms with Crippen molar-refractivity contribution < 1.29 is 27.6 Å². The van der Waals surface area contributed by atoms with Crippen LogP contribution in [0.1, 0.15) is 28.8 Å². The molecule has 118 valence electrons. The van der Waals surface area contributed by atoms with Crippen LogP contribution in [-0.2, 0) is 15.8 Å². The minimum Gasteiger partial charge on any atom is -0.302 e. The molecule has 1 aromatic rings. The van der Waals surface area contributed by atoms with E-state index in [1.165, 1.54) is 6.26 Å². The molecular weight excluding hydrogens is 317 g/mol. The molecule has 1 aliphatic rings. The van der Waals surface area contributed by atoms with Gasteiger partial charge in [-0.3, -0.25) is 9.59 Å². The number of alkyl halides is 3. The molecule has 0 bridgehead atoms. The second kappa shape index (κ2) is 6.24. The lowest BCUT2D eigenvalue weighted by Gasteiger charge is -2.13. The fraction of sp³-hybridized carbons (Fsp3) is 0.400. The molecule has 0 aromatic heterocycles. The van der Waals surface area contributed by atoms with Crippen LogP contribution in [0, 0.1) is 11.8 Å². The van der Waals surface area contributed by atoms with Gasteiger partial charge in [-0.15, -0.1) is 11.8 Å². The Kier molecular flexibility index (Phi) is 4.75. The number of benzene rings is 1. The van der Waals surface area contributed by atoms with Crippen molar-refractivity contribution in [2.24, 2.45) is 11.8 Å². The van der Waals surface area contributed by atoms with Gasteiger partial charge in [0.2, 0.25) is 0 Å². The largest absolute Gasteiger partial charge is 0.416 e. The highest BCUT2D eigenvalue weighted by Crippen LogP contribution is 2.36. The molecule has 3 nitrogen and oxygen atoms in total. The van der Waals surface area contributed by atoms with E-state index in [0.29, 0.717) is 12.8 Å². The van der Waals surface area contributed by atoms with Gasteiger partial charge in [-0.2, -0.15) is 13.2 Å². The Hall–Kier alpha value is -1.63. The van der Waals surface area contributed by atoms with Crippen LogP contribution in [0.3, 0.4) is 0 Å². The smallest absolute Gasteiger partial charge is 0.302 e. The number of hydrogen-bond acceptors (Lipinski definition) is 4. The number of rotatable bonds is 6. The third kappa shape index (κ3) is 3.40.